The SMILES string of the molecule is CC(C)c1ncc(C(=O)Nc2c(-c3cc(F)ccc3F)ccnc2C2(C)CCOCC2)cn1. The molecule has 33 heavy (non-hydrogen) atoms. The monoisotopic (exact) mass is 452 g/mol. The van der Waals surface area contributed by atoms with Gasteiger partial charge in [-0.1, -0.05) is 20.8 Å². The lowest BCUT2D eigenvalue weighted by Gasteiger charge is -2.35. The largest absolute Gasteiger partial charge is 0.381 e. The molecule has 0 radical (unpaired) electrons. The number of carbonyl (C=O) groups excluding carboxylic acids is 1. The minimum absolute atomic E-state index is 0.0519. The fourth-order valence-electron chi connectivity index (χ4n) is 3.97. The minimum Gasteiger partial charge on any atom is -0.381 e. The topological polar surface area (TPSA) is 77.0 Å². The lowest BCUT2D eigenvalue weighted by atomic mass is 9.77. The van der Waals surface area contributed by atoms with E-state index in [4.69, 9.17) is 4.74 Å². The Kier molecular flexibility index (Phi) is 6.47. The number of anilines is 1. The summed E-state index contributed by atoms with van der Waals surface area (Å²) in [6.45, 7) is 7.07. The highest BCUT2D eigenvalue weighted by Crippen LogP contribution is 2.42. The van der Waals surface area contributed by atoms with Gasteiger partial charge < -0.3 is 10.1 Å². The number of rotatable bonds is 5. The molecule has 0 atom stereocenters. The van der Waals surface area contributed by atoms with E-state index >= 15 is 0 Å². The van der Waals surface area contributed by atoms with Crippen LogP contribution in [0.1, 0.15) is 61.4 Å². The highest BCUT2D eigenvalue weighted by molar-refractivity contribution is 6.06. The van der Waals surface area contributed by atoms with Gasteiger partial charge in [0.25, 0.3) is 5.91 Å². The molecule has 6 nitrogen and oxygen atoms in total. The molecule has 2 aromatic heterocycles. The number of halogens is 2. The molecule has 8 heteroatoms. The predicted molar refractivity (Wildman–Crippen MR) is 121 cm³/mol. The van der Waals surface area contributed by atoms with Gasteiger partial charge in [0.15, 0.2) is 0 Å². The van der Waals surface area contributed by atoms with Gasteiger partial charge in [0.2, 0.25) is 0 Å². The van der Waals surface area contributed by atoms with E-state index in [1.54, 1.807) is 12.3 Å². The average Bonchev–Trinajstić information content (AvgIpc) is 2.81. The molecule has 1 aromatic carbocycles. The van der Waals surface area contributed by atoms with Crippen LogP contribution in [0.2, 0.25) is 0 Å². The highest BCUT2D eigenvalue weighted by atomic mass is 19.1. The Bertz CT molecular complexity index is 1160. The molecule has 0 unspecified atom stereocenters. The van der Waals surface area contributed by atoms with Gasteiger partial charge in [0.05, 0.1) is 16.9 Å². The van der Waals surface area contributed by atoms with Gasteiger partial charge in [0, 0.05) is 54.3 Å². The van der Waals surface area contributed by atoms with Crippen LogP contribution < -0.4 is 5.32 Å². The lowest BCUT2D eigenvalue weighted by molar-refractivity contribution is 0.0553. The number of amides is 1. The molecule has 1 aliphatic heterocycles. The van der Waals surface area contributed by atoms with Crippen molar-refractivity contribution in [1.29, 1.82) is 0 Å². The molecule has 0 spiro atoms. The summed E-state index contributed by atoms with van der Waals surface area (Å²) in [6, 6.07) is 4.84. The fourth-order valence-corrected chi connectivity index (χ4v) is 3.97. The Morgan fingerprint density at radius 3 is 2.42 bits per heavy atom. The van der Waals surface area contributed by atoms with Gasteiger partial charge in [-0.25, -0.2) is 18.7 Å². The Labute approximate surface area is 191 Å². The maximum absolute atomic E-state index is 14.7. The third-order valence-electron chi connectivity index (χ3n) is 6.03. The fraction of sp³-hybridized carbons (Fsp3) is 0.360. The molecule has 3 heterocycles. The molecule has 1 N–H and O–H groups in total. The van der Waals surface area contributed by atoms with Crippen LogP contribution in [0.4, 0.5) is 14.5 Å². The van der Waals surface area contributed by atoms with E-state index in [0.29, 0.717) is 48.8 Å². The zero-order chi connectivity index (χ0) is 23.6. The normalized spacial score (nSPS) is 15.5. The molecular formula is C25H26F2N4O2. The first-order valence-corrected chi connectivity index (χ1v) is 10.9. The highest BCUT2D eigenvalue weighted by Gasteiger charge is 2.35. The van der Waals surface area contributed by atoms with Crippen LogP contribution in [-0.2, 0) is 10.2 Å². The van der Waals surface area contributed by atoms with Crippen LogP contribution in [-0.4, -0.2) is 34.1 Å². The second kappa shape index (κ2) is 9.31. The van der Waals surface area contributed by atoms with Crippen molar-refractivity contribution in [1.82, 2.24) is 15.0 Å². The maximum Gasteiger partial charge on any atom is 0.258 e. The van der Waals surface area contributed by atoms with Crippen molar-refractivity contribution < 1.29 is 18.3 Å². The number of pyridine rings is 1. The zero-order valence-corrected chi connectivity index (χ0v) is 18.9. The van der Waals surface area contributed by atoms with Crippen molar-refractivity contribution in [3.63, 3.8) is 0 Å². The first-order chi connectivity index (χ1) is 15.8. The molecule has 0 saturated carbocycles. The smallest absolute Gasteiger partial charge is 0.258 e. The molecule has 0 aliphatic carbocycles. The Hall–Kier alpha value is -3.26. The summed E-state index contributed by atoms with van der Waals surface area (Å²) in [5.74, 6) is -0.856. The second-order valence-electron chi connectivity index (χ2n) is 8.82. The zero-order valence-electron chi connectivity index (χ0n) is 18.9. The number of nitrogens with zero attached hydrogens (tertiary/aromatic N) is 3. The van der Waals surface area contributed by atoms with E-state index in [-0.39, 0.29) is 17.0 Å². The van der Waals surface area contributed by atoms with Crippen molar-refractivity contribution in [2.45, 2.75) is 44.9 Å². The third kappa shape index (κ3) is 4.75. The molecule has 0 bridgehead atoms. The molecule has 172 valence electrons. The van der Waals surface area contributed by atoms with E-state index in [0.717, 1.165) is 18.2 Å². The van der Waals surface area contributed by atoms with E-state index in [1.807, 2.05) is 20.8 Å². The predicted octanol–water partition coefficient (Wildman–Crippen LogP) is 5.26. The molecule has 1 saturated heterocycles. The van der Waals surface area contributed by atoms with Crippen LogP contribution in [0.5, 0.6) is 0 Å². The molecular weight excluding hydrogens is 426 g/mol. The number of nitrogens with one attached hydrogen (secondary N) is 1. The summed E-state index contributed by atoms with van der Waals surface area (Å²) in [5, 5.41) is 2.90. The van der Waals surface area contributed by atoms with Crippen molar-refractivity contribution in [2.75, 3.05) is 18.5 Å². The van der Waals surface area contributed by atoms with Gasteiger partial charge >= 0.3 is 0 Å². The number of hydrogen-bond acceptors (Lipinski definition) is 5. The number of hydrogen-bond donors (Lipinski definition) is 1. The minimum atomic E-state index is -0.592. The van der Waals surface area contributed by atoms with Gasteiger partial charge in [-0.15, -0.1) is 0 Å². The summed E-state index contributed by atoms with van der Waals surface area (Å²) < 4.78 is 34.3. The van der Waals surface area contributed by atoms with Crippen molar-refractivity contribution >= 4 is 11.6 Å². The number of benzene rings is 1. The number of carbonyl (C=O) groups is 1. The molecule has 3 aromatic rings. The van der Waals surface area contributed by atoms with E-state index in [9.17, 15) is 13.6 Å². The van der Waals surface area contributed by atoms with Crippen molar-refractivity contribution in [3.8, 4) is 11.1 Å². The molecule has 4 rings (SSSR count). The van der Waals surface area contributed by atoms with Crippen LogP contribution >= 0.6 is 0 Å². The number of aromatic nitrogens is 3. The molecule has 1 amide bonds. The van der Waals surface area contributed by atoms with Crippen LogP contribution in [0.3, 0.4) is 0 Å². The summed E-state index contributed by atoms with van der Waals surface area (Å²) in [4.78, 5) is 26.3. The van der Waals surface area contributed by atoms with E-state index in [1.165, 1.54) is 12.4 Å². The summed E-state index contributed by atoms with van der Waals surface area (Å²) in [5.41, 5.74) is 1.23. The Morgan fingerprint density at radius 2 is 1.76 bits per heavy atom. The average molecular weight is 453 g/mol. The van der Waals surface area contributed by atoms with Gasteiger partial charge in [-0.05, 0) is 37.1 Å². The standard InChI is InChI=1S/C25H26F2N4O2/c1-15(2)23-29-13-16(14-30-23)24(32)31-21-18(19-12-17(26)4-5-20(19)27)6-9-28-22(21)25(3)7-10-33-11-8-25/h4-6,9,12-15H,7-8,10-11H2,1-3H3,(H,31,32). The van der Waals surface area contributed by atoms with Crippen molar-refractivity contribution in [2.24, 2.45) is 0 Å². The van der Waals surface area contributed by atoms with Crippen LogP contribution in [0.25, 0.3) is 11.1 Å². The summed E-state index contributed by atoms with van der Waals surface area (Å²) >= 11 is 0. The first kappa shape index (κ1) is 22.9. The number of ether oxygens (including phenoxy) is 1. The molecule has 1 fully saturated rings. The van der Waals surface area contributed by atoms with Gasteiger partial charge in [0.1, 0.15) is 17.5 Å². The lowest BCUT2D eigenvalue weighted by Crippen LogP contribution is -2.33. The Balaban J connectivity index is 1.81. The summed E-state index contributed by atoms with van der Waals surface area (Å²) in [6.07, 6.45) is 5.86. The van der Waals surface area contributed by atoms with Crippen LogP contribution in [0, 0.1) is 11.6 Å². The second-order valence-corrected chi connectivity index (χ2v) is 8.82. The first-order valence-electron chi connectivity index (χ1n) is 10.9. The van der Waals surface area contributed by atoms with E-state index in [2.05, 4.69) is 20.3 Å². The van der Waals surface area contributed by atoms with E-state index < -0.39 is 23.0 Å². The third-order valence-corrected chi connectivity index (χ3v) is 6.03. The van der Waals surface area contributed by atoms with Crippen LogP contribution in [0.15, 0.2) is 42.9 Å². The Morgan fingerprint density at radius 1 is 1.06 bits per heavy atom. The maximum atomic E-state index is 14.7. The molecule has 1 aliphatic rings. The quantitative estimate of drug-likeness (QED) is 0.571. The van der Waals surface area contributed by atoms with Gasteiger partial charge in [-0.2, -0.15) is 0 Å². The van der Waals surface area contributed by atoms with Crippen molar-refractivity contribution in [3.05, 3.63) is 71.6 Å². The van der Waals surface area contributed by atoms with Gasteiger partial charge in [-0.3, -0.25) is 9.78 Å². The summed E-state index contributed by atoms with van der Waals surface area (Å²) in [7, 11) is 0.